The second-order valence-corrected chi connectivity index (χ2v) is 15.4. The number of likely N-dealkylation sites (tertiary alicyclic amines) is 1. The van der Waals surface area contributed by atoms with Crippen LogP contribution in [-0.2, 0) is 14.4 Å². The normalized spacial score (nSPS) is 17.3. The van der Waals surface area contributed by atoms with Crippen LogP contribution < -0.4 is 15.8 Å². The summed E-state index contributed by atoms with van der Waals surface area (Å²) in [6.45, 7) is 1.16. The number of aromatic nitrogens is 4. The number of fused-ring (bicyclic) bond motifs is 2. The molecule has 5 aromatic rings. The van der Waals surface area contributed by atoms with Gasteiger partial charge >= 0.3 is 0 Å². The monoisotopic (exact) mass is 790 g/mol. The molecule has 1 unspecified atom stereocenters. The first-order chi connectivity index (χ1) is 27.7. The Morgan fingerprint density at radius 1 is 0.912 bits per heavy atom. The van der Waals surface area contributed by atoms with Crippen LogP contribution in [-0.4, -0.2) is 84.0 Å². The number of carbonyl (C=O) groups is 5. The average molecular weight is 791 g/mol. The van der Waals surface area contributed by atoms with E-state index < -0.39 is 35.5 Å². The van der Waals surface area contributed by atoms with Crippen molar-refractivity contribution in [3.8, 4) is 22.8 Å². The van der Waals surface area contributed by atoms with Gasteiger partial charge in [0.2, 0.25) is 17.7 Å². The molecule has 2 aromatic heterocycles. The van der Waals surface area contributed by atoms with E-state index in [0.29, 0.717) is 84.1 Å². The number of thioether (sulfide) groups is 1. The molecule has 1 atom stereocenters. The van der Waals surface area contributed by atoms with E-state index in [1.165, 1.54) is 24.2 Å². The molecule has 0 spiro atoms. The Hall–Kier alpha value is -6.16. The van der Waals surface area contributed by atoms with Gasteiger partial charge in [-0.15, -0.1) is 11.8 Å². The van der Waals surface area contributed by atoms with Gasteiger partial charge in [-0.05, 0) is 86.4 Å². The van der Waals surface area contributed by atoms with Crippen LogP contribution in [0, 0.1) is 5.82 Å². The highest BCUT2D eigenvalue weighted by Gasteiger charge is 2.46. The number of nitrogen functional groups attached to an aromatic ring is 1. The predicted octanol–water partition coefficient (Wildman–Crippen LogP) is 5.92. The van der Waals surface area contributed by atoms with Gasteiger partial charge in [-0.1, -0.05) is 24.6 Å². The maximum absolute atomic E-state index is 14.6. The number of anilines is 1. The van der Waals surface area contributed by atoms with Gasteiger partial charge in [-0.2, -0.15) is 5.10 Å². The number of carbonyl (C=O) groups excluding carboxylic acids is 5. The summed E-state index contributed by atoms with van der Waals surface area (Å²) in [5.41, 5.74) is 8.55. The van der Waals surface area contributed by atoms with Crippen LogP contribution >= 0.6 is 11.8 Å². The number of piperidine rings is 2. The van der Waals surface area contributed by atoms with Crippen molar-refractivity contribution < 1.29 is 33.1 Å². The van der Waals surface area contributed by atoms with Crippen LogP contribution in [0.1, 0.15) is 78.1 Å². The Balaban J connectivity index is 0.827. The Morgan fingerprint density at radius 2 is 1.67 bits per heavy atom. The average Bonchev–Trinajstić information content (AvgIpc) is 3.72. The van der Waals surface area contributed by atoms with E-state index >= 15 is 0 Å². The largest absolute Gasteiger partial charge is 0.457 e. The molecule has 16 heteroatoms. The van der Waals surface area contributed by atoms with Crippen molar-refractivity contribution in [2.75, 3.05) is 24.6 Å². The van der Waals surface area contributed by atoms with E-state index in [9.17, 15) is 28.4 Å². The number of unbranched alkanes of at least 4 members (excludes halogenated alkanes) is 2. The van der Waals surface area contributed by atoms with Crippen LogP contribution in [0.4, 0.5) is 10.2 Å². The second kappa shape index (κ2) is 16.1. The van der Waals surface area contributed by atoms with E-state index in [0.717, 1.165) is 28.7 Å². The molecule has 2 fully saturated rings. The SMILES string of the molecule is Nc1ncnc2c1c(-c1ccc(Oc3ccccc3)cc1)nn2C1CCN(C(=O)CCCCCSc2cc(F)cc3c2C(=O)N(C2CCC(=O)NC2=O)C3=O)CC1. The Kier molecular flexibility index (Phi) is 10.7. The zero-order valence-electron chi connectivity index (χ0n) is 30.9. The highest BCUT2D eigenvalue weighted by Crippen LogP contribution is 2.37. The number of imide groups is 2. The van der Waals surface area contributed by atoms with Gasteiger partial charge in [0.1, 0.15) is 41.2 Å². The summed E-state index contributed by atoms with van der Waals surface area (Å²) in [5, 5.41) is 7.84. The van der Waals surface area contributed by atoms with Gasteiger partial charge in [0, 0.05) is 36.4 Å². The van der Waals surface area contributed by atoms with Gasteiger partial charge in [0.15, 0.2) is 5.65 Å². The molecule has 57 heavy (non-hydrogen) atoms. The fourth-order valence-electron chi connectivity index (χ4n) is 7.65. The maximum Gasteiger partial charge on any atom is 0.263 e. The van der Waals surface area contributed by atoms with Gasteiger partial charge < -0.3 is 15.4 Å². The number of para-hydroxylation sites is 1. The fourth-order valence-corrected chi connectivity index (χ4v) is 8.76. The minimum atomic E-state index is -1.12. The lowest BCUT2D eigenvalue weighted by atomic mass is 10.0. The molecular formula is C41H39FN8O6S. The van der Waals surface area contributed by atoms with Crippen molar-refractivity contribution >= 4 is 58.1 Å². The van der Waals surface area contributed by atoms with E-state index in [2.05, 4.69) is 15.3 Å². The quantitative estimate of drug-likeness (QED) is 0.0869. The van der Waals surface area contributed by atoms with Crippen molar-refractivity contribution in [1.29, 1.82) is 0 Å². The topological polar surface area (TPSA) is 183 Å². The van der Waals surface area contributed by atoms with Crippen molar-refractivity contribution in [2.24, 2.45) is 0 Å². The lowest BCUT2D eigenvalue weighted by molar-refractivity contribution is -0.136. The molecule has 2 saturated heterocycles. The van der Waals surface area contributed by atoms with Gasteiger partial charge in [0.25, 0.3) is 11.8 Å². The molecular weight excluding hydrogens is 752 g/mol. The molecule has 3 aliphatic heterocycles. The van der Waals surface area contributed by atoms with Crippen LogP contribution in [0.2, 0.25) is 0 Å². The number of nitrogens with one attached hydrogen (secondary N) is 1. The Bertz CT molecular complexity index is 2380. The number of benzene rings is 3. The van der Waals surface area contributed by atoms with Crippen LogP contribution in [0.5, 0.6) is 11.5 Å². The molecule has 3 aromatic carbocycles. The van der Waals surface area contributed by atoms with Crippen LogP contribution in [0.25, 0.3) is 22.3 Å². The number of nitrogens with zero attached hydrogens (tertiary/aromatic N) is 6. The van der Waals surface area contributed by atoms with Crippen molar-refractivity contribution in [2.45, 2.75) is 68.3 Å². The summed E-state index contributed by atoms with van der Waals surface area (Å²) in [6, 6.07) is 18.3. The minimum Gasteiger partial charge on any atom is -0.457 e. The second-order valence-electron chi connectivity index (χ2n) is 14.2. The Morgan fingerprint density at radius 3 is 2.42 bits per heavy atom. The first-order valence-corrected chi connectivity index (χ1v) is 19.9. The van der Waals surface area contributed by atoms with Crippen molar-refractivity contribution in [3.05, 3.63) is 90.0 Å². The summed E-state index contributed by atoms with van der Waals surface area (Å²) < 4.78 is 22.5. The first kappa shape index (κ1) is 37.7. The molecule has 292 valence electrons. The molecule has 14 nitrogen and oxygen atoms in total. The minimum absolute atomic E-state index is 0.000758. The molecule has 0 saturated carbocycles. The molecule has 3 aliphatic rings. The zero-order valence-corrected chi connectivity index (χ0v) is 31.7. The third kappa shape index (κ3) is 7.68. The number of halogens is 1. The zero-order chi connectivity index (χ0) is 39.6. The summed E-state index contributed by atoms with van der Waals surface area (Å²) in [7, 11) is 0. The molecule has 0 bridgehead atoms. The van der Waals surface area contributed by atoms with E-state index in [-0.39, 0.29) is 35.9 Å². The summed E-state index contributed by atoms with van der Waals surface area (Å²) >= 11 is 1.26. The molecule has 3 N–H and O–H groups in total. The number of nitrogens with two attached hydrogens (primary N) is 1. The molecule has 8 rings (SSSR count). The molecule has 0 radical (unpaired) electrons. The van der Waals surface area contributed by atoms with E-state index in [1.54, 1.807) is 0 Å². The number of rotatable bonds is 12. The third-order valence-corrected chi connectivity index (χ3v) is 11.7. The fraction of sp³-hybridized carbons (Fsp3) is 0.317. The van der Waals surface area contributed by atoms with Crippen LogP contribution in [0.15, 0.2) is 78.0 Å². The first-order valence-electron chi connectivity index (χ1n) is 18.9. The smallest absolute Gasteiger partial charge is 0.263 e. The molecule has 5 heterocycles. The van der Waals surface area contributed by atoms with E-state index in [4.69, 9.17) is 15.6 Å². The maximum atomic E-state index is 14.6. The summed E-state index contributed by atoms with van der Waals surface area (Å²) in [6.07, 6.45) is 5.36. The van der Waals surface area contributed by atoms with E-state index in [1.807, 2.05) is 64.2 Å². The van der Waals surface area contributed by atoms with Gasteiger partial charge in [0.05, 0.1) is 22.6 Å². The summed E-state index contributed by atoms with van der Waals surface area (Å²) in [4.78, 5) is 75.6. The lowest BCUT2D eigenvalue weighted by Gasteiger charge is -2.32. The van der Waals surface area contributed by atoms with Gasteiger partial charge in [-0.25, -0.2) is 19.0 Å². The highest BCUT2D eigenvalue weighted by atomic mass is 32.2. The van der Waals surface area contributed by atoms with Crippen molar-refractivity contribution in [3.63, 3.8) is 0 Å². The molecule has 5 amide bonds. The summed E-state index contributed by atoms with van der Waals surface area (Å²) in [5.74, 6) is -0.856. The lowest BCUT2D eigenvalue weighted by Crippen LogP contribution is -2.54. The van der Waals surface area contributed by atoms with Gasteiger partial charge in [-0.3, -0.25) is 34.2 Å². The highest BCUT2D eigenvalue weighted by molar-refractivity contribution is 7.99. The Labute approximate surface area is 331 Å². The third-order valence-electron chi connectivity index (χ3n) is 10.6. The number of hydrogen-bond acceptors (Lipinski definition) is 11. The number of ether oxygens (including phenoxy) is 1. The standard InChI is InChI=1S/C41H39FN8O6S/c42-25-21-29-34(41(55)49(40(29)54)30-14-15-32(51)46-39(30)53)31(22-25)57-20-6-2-5-9-33(52)48-18-16-26(17-19-48)50-38-35(37(43)44-23-45-38)36(47-50)24-10-12-28(13-11-24)56-27-7-3-1-4-8-27/h1,3-4,7-8,10-13,21-23,26,30H,2,5-6,9,14-20H2,(H2,43,44,45)(H,46,51,53). The number of hydrogen-bond donors (Lipinski definition) is 2. The molecule has 0 aliphatic carbocycles. The predicted molar refractivity (Wildman–Crippen MR) is 209 cm³/mol. The van der Waals surface area contributed by atoms with Crippen LogP contribution in [0.3, 0.4) is 0 Å². The number of amides is 5. The van der Waals surface area contributed by atoms with Crippen molar-refractivity contribution in [1.82, 2.24) is 34.9 Å².